The van der Waals surface area contributed by atoms with E-state index in [1.165, 1.54) is 4.90 Å². The van der Waals surface area contributed by atoms with Gasteiger partial charge in [-0.3, -0.25) is 19.3 Å². The number of benzene rings is 3. The molecule has 1 N–H and O–H groups in total. The molecule has 3 amide bonds. The molecule has 0 aliphatic carbocycles. The van der Waals surface area contributed by atoms with Crippen LogP contribution in [0.2, 0.25) is 0 Å². The molecule has 0 saturated carbocycles. The standard InChI is InChI=1S/C36H33N3O3S/c1-4-6-22-30(5-2)39-35(42)31(24-26(3)23-27-16-10-7-11-17-27)34(41)38-36(39)43-25-32(40)37-33(28-18-12-8-13-19-28)29-20-14-9-15-21-29/h4-24,33H,1,25H2,2-3H3,(H,37,40)/b22-6-,26-23+,30-5+,31-24+. The van der Waals surface area contributed by atoms with E-state index in [1.807, 2.05) is 104 Å². The number of amidine groups is 1. The Kier molecular flexibility index (Phi) is 11.0. The van der Waals surface area contributed by atoms with E-state index >= 15 is 0 Å². The van der Waals surface area contributed by atoms with Crippen LogP contribution < -0.4 is 5.32 Å². The highest BCUT2D eigenvalue weighted by Gasteiger charge is 2.35. The van der Waals surface area contributed by atoms with Crippen molar-refractivity contribution in [3.63, 3.8) is 0 Å². The zero-order valence-electron chi connectivity index (χ0n) is 24.1. The smallest absolute Gasteiger partial charge is 0.285 e. The van der Waals surface area contributed by atoms with E-state index < -0.39 is 11.8 Å². The minimum atomic E-state index is -0.653. The number of carbonyl (C=O) groups is 3. The van der Waals surface area contributed by atoms with Crippen LogP contribution in [0, 0.1) is 0 Å². The maximum atomic E-state index is 13.8. The summed E-state index contributed by atoms with van der Waals surface area (Å²) in [6.07, 6.45) is 10.2. The number of aliphatic imine (C=N–C) groups is 1. The van der Waals surface area contributed by atoms with E-state index in [0.29, 0.717) is 5.70 Å². The summed E-state index contributed by atoms with van der Waals surface area (Å²) in [7, 11) is 0. The lowest BCUT2D eigenvalue weighted by Gasteiger charge is -2.28. The molecule has 0 aromatic heterocycles. The summed E-state index contributed by atoms with van der Waals surface area (Å²) in [6.45, 7) is 7.33. The van der Waals surface area contributed by atoms with Crippen molar-refractivity contribution < 1.29 is 14.4 Å². The van der Waals surface area contributed by atoms with Crippen LogP contribution in [0.15, 0.2) is 150 Å². The summed E-state index contributed by atoms with van der Waals surface area (Å²) in [5.41, 5.74) is 4.00. The summed E-state index contributed by atoms with van der Waals surface area (Å²) < 4.78 is 0. The molecule has 3 aromatic rings. The van der Waals surface area contributed by atoms with Gasteiger partial charge in [-0.25, -0.2) is 0 Å². The van der Waals surface area contributed by atoms with Crippen LogP contribution in [0.3, 0.4) is 0 Å². The number of nitrogens with one attached hydrogen (secondary N) is 1. The largest absolute Gasteiger partial charge is 0.344 e. The molecule has 0 saturated heterocycles. The molecule has 0 spiro atoms. The second-order valence-electron chi connectivity index (χ2n) is 9.62. The van der Waals surface area contributed by atoms with Gasteiger partial charge in [-0.05, 0) is 48.3 Å². The Morgan fingerprint density at radius 1 is 0.953 bits per heavy atom. The van der Waals surface area contributed by atoms with Crippen LogP contribution in [0.4, 0.5) is 0 Å². The average molecular weight is 588 g/mol. The van der Waals surface area contributed by atoms with Gasteiger partial charge in [0.1, 0.15) is 5.57 Å². The van der Waals surface area contributed by atoms with Crippen molar-refractivity contribution >= 4 is 40.7 Å². The lowest BCUT2D eigenvalue weighted by molar-refractivity contribution is -0.126. The number of hydrogen-bond acceptors (Lipinski definition) is 4. The van der Waals surface area contributed by atoms with Crippen LogP contribution in [0.5, 0.6) is 0 Å². The Morgan fingerprint density at radius 3 is 2.09 bits per heavy atom. The topological polar surface area (TPSA) is 78.8 Å². The monoisotopic (exact) mass is 587 g/mol. The zero-order valence-corrected chi connectivity index (χ0v) is 25.0. The molecule has 1 aliphatic rings. The Balaban J connectivity index is 1.60. The first-order valence-corrected chi connectivity index (χ1v) is 14.8. The normalized spacial score (nSPS) is 15.3. The summed E-state index contributed by atoms with van der Waals surface area (Å²) >= 11 is 1.03. The fourth-order valence-electron chi connectivity index (χ4n) is 4.47. The molecule has 0 unspecified atom stereocenters. The van der Waals surface area contributed by atoms with Crippen LogP contribution in [-0.4, -0.2) is 33.5 Å². The number of rotatable bonds is 10. The molecule has 216 valence electrons. The first-order valence-electron chi connectivity index (χ1n) is 13.8. The zero-order chi connectivity index (χ0) is 30.6. The van der Waals surface area contributed by atoms with Crippen LogP contribution in [0.25, 0.3) is 6.08 Å². The second kappa shape index (κ2) is 15.3. The van der Waals surface area contributed by atoms with E-state index in [1.54, 1.807) is 37.3 Å². The SMILES string of the molecule is C=C/C=C\C(=C/C)N1C(=O)/C(=C/C(C)=C/c2ccccc2)C(=O)N=C1SCC(=O)NC(c1ccccc1)c1ccccc1. The minimum absolute atomic E-state index is 0.0553. The Hall–Kier alpha value is -5.01. The molecule has 1 heterocycles. The molecular weight excluding hydrogens is 554 g/mol. The van der Waals surface area contributed by atoms with Gasteiger partial charge in [-0.2, -0.15) is 4.99 Å². The molecule has 6 nitrogen and oxygen atoms in total. The number of nitrogens with zero attached hydrogens (tertiary/aromatic N) is 2. The van der Waals surface area contributed by atoms with Crippen LogP contribution in [-0.2, 0) is 14.4 Å². The predicted molar refractivity (Wildman–Crippen MR) is 176 cm³/mol. The van der Waals surface area contributed by atoms with Crippen molar-refractivity contribution in [2.45, 2.75) is 19.9 Å². The quantitative estimate of drug-likeness (QED) is 0.157. The first kappa shape index (κ1) is 30.9. The van der Waals surface area contributed by atoms with Crippen molar-refractivity contribution in [1.82, 2.24) is 10.2 Å². The van der Waals surface area contributed by atoms with Gasteiger partial charge in [0.2, 0.25) is 5.91 Å². The number of amides is 3. The third-order valence-electron chi connectivity index (χ3n) is 6.48. The third-order valence-corrected chi connectivity index (χ3v) is 7.42. The summed E-state index contributed by atoms with van der Waals surface area (Å²) in [5.74, 6) is -1.49. The molecule has 3 aromatic carbocycles. The molecule has 1 aliphatic heterocycles. The van der Waals surface area contributed by atoms with Crippen molar-refractivity contribution in [2.75, 3.05) is 5.75 Å². The number of hydrogen-bond donors (Lipinski definition) is 1. The highest BCUT2D eigenvalue weighted by Crippen LogP contribution is 2.27. The Bertz CT molecular complexity index is 1580. The van der Waals surface area contributed by atoms with Gasteiger partial charge in [-0.1, -0.05) is 134 Å². The number of allylic oxidation sites excluding steroid dienone is 6. The minimum Gasteiger partial charge on any atom is -0.344 e. The Labute approximate surface area is 256 Å². The van der Waals surface area contributed by atoms with Gasteiger partial charge < -0.3 is 5.32 Å². The first-order chi connectivity index (χ1) is 20.9. The molecule has 0 atom stereocenters. The second-order valence-corrected chi connectivity index (χ2v) is 10.6. The maximum absolute atomic E-state index is 13.8. The van der Waals surface area contributed by atoms with Crippen LogP contribution in [0.1, 0.15) is 36.6 Å². The Morgan fingerprint density at radius 2 is 1.53 bits per heavy atom. The van der Waals surface area contributed by atoms with E-state index in [4.69, 9.17) is 0 Å². The number of thioether (sulfide) groups is 1. The van der Waals surface area contributed by atoms with E-state index in [0.717, 1.165) is 34.0 Å². The number of carbonyl (C=O) groups excluding carboxylic acids is 3. The fourth-order valence-corrected chi connectivity index (χ4v) is 5.28. The molecule has 7 heteroatoms. The van der Waals surface area contributed by atoms with Gasteiger partial charge in [-0.15, -0.1) is 0 Å². The van der Waals surface area contributed by atoms with Crippen molar-refractivity contribution in [3.8, 4) is 0 Å². The maximum Gasteiger partial charge on any atom is 0.285 e. The molecule has 0 bridgehead atoms. The highest BCUT2D eigenvalue weighted by molar-refractivity contribution is 8.14. The van der Waals surface area contributed by atoms with Gasteiger partial charge in [0.25, 0.3) is 11.8 Å². The van der Waals surface area contributed by atoms with Gasteiger partial charge in [0.05, 0.1) is 11.8 Å². The van der Waals surface area contributed by atoms with Crippen LogP contribution >= 0.6 is 11.8 Å². The van der Waals surface area contributed by atoms with Gasteiger partial charge >= 0.3 is 0 Å². The van der Waals surface area contributed by atoms with Gasteiger partial charge in [0.15, 0.2) is 5.17 Å². The van der Waals surface area contributed by atoms with Crippen molar-refractivity contribution in [1.29, 1.82) is 0 Å². The predicted octanol–water partition coefficient (Wildman–Crippen LogP) is 7.03. The molecule has 0 radical (unpaired) electrons. The van der Waals surface area contributed by atoms with E-state index in [9.17, 15) is 14.4 Å². The molecule has 4 rings (SSSR count). The molecular formula is C36H33N3O3S. The third kappa shape index (κ3) is 8.27. The lowest BCUT2D eigenvalue weighted by atomic mass is 9.99. The fraction of sp³-hybridized carbons (Fsp3) is 0.111. The summed E-state index contributed by atoms with van der Waals surface area (Å²) in [5, 5.41) is 3.23. The van der Waals surface area contributed by atoms with Gasteiger partial charge in [0, 0.05) is 5.70 Å². The van der Waals surface area contributed by atoms with E-state index in [2.05, 4.69) is 16.9 Å². The summed E-state index contributed by atoms with van der Waals surface area (Å²) in [6, 6.07) is 28.7. The highest BCUT2D eigenvalue weighted by atomic mass is 32.2. The van der Waals surface area contributed by atoms with Crippen molar-refractivity contribution in [3.05, 3.63) is 161 Å². The molecule has 0 fully saturated rings. The lowest BCUT2D eigenvalue weighted by Crippen LogP contribution is -2.42. The molecule has 43 heavy (non-hydrogen) atoms. The van der Waals surface area contributed by atoms with E-state index in [-0.39, 0.29) is 28.4 Å². The average Bonchev–Trinajstić information content (AvgIpc) is 3.03. The summed E-state index contributed by atoms with van der Waals surface area (Å²) in [4.78, 5) is 45.9. The van der Waals surface area contributed by atoms with Crippen molar-refractivity contribution in [2.24, 2.45) is 4.99 Å².